The fraction of sp³-hybridized carbons (Fsp3) is 0.316. The van der Waals surface area contributed by atoms with Crippen LogP contribution in [0, 0.1) is 0 Å². The monoisotopic (exact) mass is 327 g/mol. The van der Waals surface area contributed by atoms with Crippen molar-refractivity contribution in [1.29, 1.82) is 0 Å². The van der Waals surface area contributed by atoms with Crippen molar-refractivity contribution in [2.75, 3.05) is 37.3 Å². The molecule has 1 amide bonds. The second-order valence-corrected chi connectivity index (χ2v) is 5.44. The molecule has 2 aromatic carbocycles. The van der Waals surface area contributed by atoms with Gasteiger partial charge in [0.25, 0.3) is 5.91 Å². The van der Waals surface area contributed by atoms with E-state index in [9.17, 15) is 4.79 Å². The average Bonchev–Trinajstić information content (AvgIpc) is 2.60. The predicted octanol–water partition coefficient (Wildman–Crippen LogP) is 3.24. The second-order valence-electron chi connectivity index (χ2n) is 5.44. The highest BCUT2D eigenvalue weighted by Crippen LogP contribution is 2.18. The van der Waals surface area contributed by atoms with Crippen molar-refractivity contribution in [2.45, 2.75) is 13.8 Å². The minimum atomic E-state index is -0.219. The van der Waals surface area contributed by atoms with Crippen LogP contribution >= 0.6 is 0 Å². The van der Waals surface area contributed by atoms with E-state index in [0.717, 1.165) is 25.4 Å². The number of nitrogens with one attached hydrogen (secondary N) is 1. The molecule has 128 valence electrons. The third-order valence-electron chi connectivity index (χ3n) is 3.89. The van der Waals surface area contributed by atoms with E-state index in [2.05, 4.69) is 24.1 Å². The second kappa shape index (κ2) is 8.93. The topological polar surface area (TPSA) is 67.6 Å². The Labute approximate surface area is 143 Å². The normalized spacial score (nSPS) is 10.6. The molecule has 0 heterocycles. The largest absolute Gasteiger partial charge is 0.492 e. The summed E-state index contributed by atoms with van der Waals surface area (Å²) in [4.78, 5) is 14.5. The van der Waals surface area contributed by atoms with E-state index in [4.69, 9.17) is 10.5 Å². The highest BCUT2D eigenvalue weighted by Gasteiger charge is 2.09. The number of nitrogens with two attached hydrogens (primary N) is 1. The lowest BCUT2D eigenvalue weighted by Crippen LogP contribution is -2.27. The summed E-state index contributed by atoms with van der Waals surface area (Å²) < 4.78 is 5.73. The smallest absolute Gasteiger partial charge is 0.257 e. The number of ether oxygens (including phenoxy) is 1. The highest BCUT2D eigenvalue weighted by atomic mass is 16.5. The van der Waals surface area contributed by atoms with Crippen LogP contribution in [0.2, 0.25) is 0 Å². The van der Waals surface area contributed by atoms with Gasteiger partial charge in [0.15, 0.2) is 0 Å². The van der Waals surface area contributed by atoms with Gasteiger partial charge in [-0.05, 0) is 49.5 Å². The fourth-order valence-corrected chi connectivity index (χ4v) is 2.37. The molecule has 2 rings (SSSR count). The summed E-state index contributed by atoms with van der Waals surface area (Å²) in [7, 11) is 0. The van der Waals surface area contributed by atoms with Gasteiger partial charge < -0.3 is 20.7 Å². The van der Waals surface area contributed by atoms with Crippen molar-refractivity contribution in [3.05, 3.63) is 54.1 Å². The number of anilines is 2. The minimum Gasteiger partial charge on any atom is -0.492 e. The molecule has 2 aromatic rings. The Morgan fingerprint density at radius 1 is 1.08 bits per heavy atom. The first-order chi connectivity index (χ1) is 11.6. The number of benzene rings is 2. The SMILES string of the molecule is CCN(CC)CCOc1ccc(NC(=O)c2ccccc2N)cc1. The zero-order valence-electron chi connectivity index (χ0n) is 14.3. The summed E-state index contributed by atoms with van der Waals surface area (Å²) in [6, 6.07) is 14.4. The Hall–Kier alpha value is -2.53. The lowest BCUT2D eigenvalue weighted by molar-refractivity contribution is 0.102. The molecular formula is C19H25N3O2. The summed E-state index contributed by atoms with van der Waals surface area (Å²) in [5, 5.41) is 2.84. The molecule has 0 saturated heterocycles. The summed E-state index contributed by atoms with van der Waals surface area (Å²) in [5.74, 6) is 0.572. The fourth-order valence-electron chi connectivity index (χ4n) is 2.37. The summed E-state index contributed by atoms with van der Waals surface area (Å²) in [6.45, 7) is 7.87. The van der Waals surface area contributed by atoms with Gasteiger partial charge in [0.1, 0.15) is 12.4 Å². The number of hydrogen-bond donors (Lipinski definition) is 2. The molecule has 0 bridgehead atoms. The molecule has 0 fully saturated rings. The van der Waals surface area contributed by atoms with Crippen LogP contribution in [0.5, 0.6) is 5.75 Å². The Balaban J connectivity index is 1.88. The number of para-hydroxylation sites is 1. The van der Waals surface area contributed by atoms with Crippen LogP contribution in [0.25, 0.3) is 0 Å². The van der Waals surface area contributed by atoms with E-state index in [1.165, 1.54) is 0 Å². The minimum absolute atomic E-state index is 0.219. The number of rotatable bonds is 8. The van der Waals surface area contributed by atoms with Crippen molar-refractivity contribution in [3.8, 4) is 5.75 Å². The molecule has 0 atom stereocenters. The number of nitrogens with zero attached hydrogens (tertiary/aromatic N) is 1. The first-order valence-corrected chi connectivity index (χ1v) is 8.25. The maximum atomic E-state index is 12.2. The lowest BCUT2D eigenvalue weighted by atomic mass is 10.1. The highest BCUT2D eigenvalue weighted by molar-refractivity contribution is 6.07. The average molecular weight is 327 g/mol. The molecule has 0 aliphatic heterocycles. The first kappa shape index (κ1) is 17.8. The van der Waals surface area contributed by atoms with E-state index in [1.807, 2.05) is 24.3 Å². The summed E-state index contributed by atoms with van der Waals surface area (Å²) in [5.41, 5.74) is 7.46. The van der Waals surface area contributed by atoms with Crippen LogP contribution in [0.4, 0.5) is 11.4 Å². The van der Waals surface area contributed by atoms with Gasteiger partial charge in [0.2, 0.25) is 0 Å². The Kier molecular flexibility index (Phi) is 6.63. The van der Waals surface area contributed by atoms with Gasteiger partial charge >= 0.3 is 0 Å². The van der Waals surface area contributed by atoms with E-state index in [1.54, 1.807) is 24.3 Å². The van der Waals surface area contributed by atoms with Gasteiger partial charge in [-0.25, -0.2) is 0 Å². The van der Waals surface area contributed by atoms with Crippen LogP contribution in [0.1, 0.15) is 24.2 Å². The van der Waals surface area contributed by atoms with Crippen LogP contribution in [-0.4, -0.2) is 37.0 Å². The zero-order valence-corrected chi connectivity index (χ0v) is 14.3. The zero-order chi connectivity index (χ0) is 17.4. The van der Waals surface area contributed by atoms with Crippen LogP contribution < -0.4 is 15.8 Å². The van der Waals surface area contributed by atoms with Gasteiger partial charge in [-0.1, -0.05) is 26.0 Å². The lowest BCUT2D eigenvalue weighted by Gasteiger charge is -2.18. The van der Waals surface area contributed by atoms with Gasteiger partial charge in [-0.2, -0.15) is 0 Å². The van der Waals surface area contributed by atoms with Crippen LogP contribution in [0.15, 0.2) is 48.5 Å². The maximum absolute atomic E-state index is 12.2. The van der Waals surface area contributed by atoms with Gasteiger partial charge in [0.05, 0.1) is 5.56 Å². The molecule has 0 aliphatic rings. The third kappa shape index (κ3) is 4.99. The number of likely N-dealkylation sites (N-methyl/N-ethyl adjacent to an activating group) is 1. The Morgan fingerprint density at radius 3 is 2.38 bits per heavy atom. The number of carbonyl (C=O) groups is 1. The molecule has 0 radical (unpaired) electrons. The maximum Gasteiger partial charge on any atom is 0.257 e. The molecule has 3 N–H and O–H groups in total. The van der Waals surface area contributed by atoms with Gasteiger partial charge in [0, 0.05) is 17.9 Å². The van der Waals surface area contributed by atoms with Gasteiger partial charge in [-0.3, -0.25) is 4.79 Å². The van der Waals surface area contributed by atoms with Crippen molar-refractivity contribution in [3.63, 3.8) is 0 Å². The van der Waals surface area contributed by atoms with Crippen molar-refractivity contribution in [2.24, 2.45) is 0 Å². The van der Waals surface area contributed by atoms with Crippen molar-refractivity contribution in [1.82, 2.24) is 4.90 Å². The third-order valence-corrected chi connectivity index (χ3v) is 3.89. The molecule has 0 aliphatic carbocycles. The van der Waals surface area contributed by atoms with E-state index in [-0.39, 0.29) is 5.91 Å². The molecule has 0 saturated carbocycles. The quantitative estimate of drug-likeness (QED) is 0.730. The Morgan fingerprint density at radius 2 is 1.75 bits per heavy atom. The molecule has 0 unspecified atom stereocenters. The predicted molar refractivity (Wildman–Crippen MR) is 98.5 cm³/mol. The first-order valence-electron chi connectivity index (χ1n) is 8.25. The van der Waals surface area contributed by atoms with E-state index in [0.29, 0.717) is 23.5 Å². The summed E-state index contributed by atoms with van der Waals surface area (Å²) in [6.07, 6.45) is 0. The van der Waals surface area contributed by atoms with E-state index >= 15 is 0 Å². The van der Waals surface area contributed by atoms with E-state index < -0.39 is 0 Å². The number of hydrogen-bond acceptors (Lipinski definition) is 4. The molecule has 0 aromatic heterocycles. The molecule has 5 nitrogen and oxygen atoms in total. The number of nitrogen functional groups attached to an aromatic ring is 1. The van der Waals surface area contributed by atoms with Crippen molar-refractivity contribution < 1.29 is 9.53 Å². The van der Waals surface area contributed by atoms with Crippen molar-refractivity contribution >= 4 is 17.3 Å². The molecule has 5 heteroatoms. The summed E-state index contributed by atoms with van der Waals surface area (Å²) >= 11 is 0. The number of carbonyl (C=O) groups excluding carboxylic acids is 1. The van der Waals surface area contributed by atoms with Crippen LogP contribution in [-0.2, 0) is 0 Å². The number of amides is 1. The standard InChI is InChI=1S/C19H25N3O2/c1-3-22(4-2)13-14-24-16-11-9-15(10-12-16)21-19(23)17-7-5-6-8-18(17)20/h5-12H,3-4,13-14,20H2,1-2H3,(H,21,23). The molecular weight excluding hydrogens is 302 g/mol. The molecule has 24 heavy (non-hydrogen) atoms. The Bertz CT molecular complexity index is 652. The van der Waals surface area contributed by atoms with Gasteiger partial charge in [-0.15, -0.1) is 0 Å². The van der Waals surface area contributed by atoms with Crippen LogP contribution in [0.3, 0.4) is 0 Å². The molecule has 0 spiro atoms.